The van der Waals surface area contributed by atoms with Crippen molar-refractivity contribution in [2.45, 2.75) is 13.1 Å². The molecule has 142 valence electrons. The Balaban J connectivity index is 0.00000261. The number of halogens is 1. The van der Waals surface area contributed by atoms with Crippen molar-refractivity contribution in [1.82, 2.24) is 20.0 Å². The predicted molar refractivity (Wildman–Crippen MR) is 122 cm³/mol. The van der Waals surface area contributed by atoms with Crippen LogP contribution in [0.5, 0.6) is 0 Å². The summed E-state index contributed by atoms with van der Waals surface area (Å²) in [4.78, 5) is 6.77. The molecule has 2 aromatic carbocycles. The number of nitrogens with one attached hydrogen (secondary N) is 1. The molecule has 0 saturated carbocycles. The highest BCUT2D eigenvalue weighted by molar-refractivity contribution is 14.0. The zero-order valence-corrected chi connectivity index (χ0v) is 18.3. The van der Waals surface area contributed by atoms with Gasteiger partial charge >= 0.3 is 0 Å². The Bertz CT molecular complexity index is 871. The molecular weight excluding hydrogens is 449 g/mol. The minimum Gasteiger partial charge on any atom is -0.352 e. The molecule has 0 bridgehead atoms. The van der Waals surface area contributed by atoms with E-state index < -0.39 is 0 Å². The molecule has 0 atom stereocenters. The van der Waals surface area contributed by atoms with Crippen molar-refractivity contribution < 1.29 is 0 Å². The van der Waals surface area contributed by atoms with Crippen molar-refractivity contribution in [3.05, 3.63) is 78.1 Å². The highest BCUT2D eigenvalue weighted by atomic mass is 127. The molecule has 0 unspecified atom stereocenters. The SMILES string of the molecule is CN(C)C(=NCc1cccc(-c2cnn(C)c2)c1)NCc1ccccc1.I. The third-order valence-electron chi connectivity index (χ3n) is 4.09. The van der Waals surface area contributed by atoms with Gasteiger partial charge in [-0.3, -0.25) is 4.68 Å². The molecule has 0 radical (unpaired) electrons. The number of hydrogen-bond donors (Lipinski definition) is 1. The summed E-state index contributed by atoms with van der Waals surface area (Å²) in [6.07, 6.45) is 3.91. The lowest BCUT2D eigenvalue weighted by molar-refractivity contribution is 0.578. The van der Waals surface area contributed by atoms with E-state index in [1.54, 1.807) is 0 Å². The van der Waals surface area contributed by atoms with Crippen molar-refractivity contribution in [2.75, 3.05) is 14.1 Å². The number of aryl methyl sites for hydroxylation is 1. The Morgan fingerprint density at radius 1 is 1.04 bits per heavy atom. The number of hydrogen-bond acceptors (Lipinski definition) is 2. The highest BCUT2D eigenvalue weighted by Gasteiger charge is 2.04. The van der Waals surface area contributed by atoms with E-state index >= 15 is 0 Å². The minimum absolute atomic E-state index is 0. The maximum absolute atomic E-state index is 4.76. The van der Waals surface area contributed by atoms with Crippen LogP contribution in [0.2, 0.25) is 0 Å². The molecule has 0 aliphatic heterocycles. The molecule has 1 heterocycles. The Morgan fingerprint density at radius 3 is 2.44 bits per heavy atom. The van der Waals surface area contributed by atoms with Gasteiger partial charge in [-0.25, -0.2) is 4.99 Å². The maximum Gasteiger partial charge on any atom is 0.194 e. The van der Waals surface area contributed by atoms with Crippen LogP contribution in [-0.4, -0.2) is 34.7 Å². The van der Waals surface area contributed by atoms with Crippen LogP contribution < -0.4 is 5.32 Å². The molecule has 27 heavy (non-hydrogen) atoms. The largest absolute Gasteiger partial charge is 0.352 e. The zero-order chi connectivity index (χ0) is 18.4. The lowest BCUT2D eigenvalue weighted by Crippen LogP contribution is -2.36. The normalized spacial score (nSPS) is 11.0. The third kappa shape index (κ3) is 6.09. The van der Waals surface area contributed by atoms with Crippen LogP contribution in [-0.2, 0) is 20.1 Å². The molecule has 0 spiro atoms. The fraction of sp³-hybridized carbons (Fsp3) is 0.238. The van der Waals surface area contributed by atoms with Gasteiger partial charge in [0.15, 0.2) is 5.96 Å². The zero-order valence-electron chi connectivity index (χ0n) is 16.0. The first-order valence-electron chi connectivity index (χ1n) is 8.69. The Morgan fingerprint density at radius 2 is 1.78 bits per heavy atom. The number of nitrogens with zero attached hydrogens (tertiary/aromatic N) is 4. The quantitative estimate of drug-likeness (QED) is 0.346. The Hall–Kier alpha value is -2.35. The number of aromatic nitrogens is 2. The summed E-state index contributed by atoms with van der Waals surface area (Å²) in [6, 6.07) is 18.8. The fourth-order valence-electron chi connectivity index (χ4n) is 2.72. The van der Waals surface area contributed by atoms with Crippen molar-refractivity contribution in [3.8, 4) is 11.1 Å². The van der Waals surface area contributed by atoms with E-state index in [0.717, 1.165) is 23.6 Å². The van der Waals surface area contributed by atoms with Crippen LogP contribution in [0.3, 0.4) is 0 Å². The van der Waals surface area contributed by atoms with Crippen molar-refractivity contribution >= 4 is 29.9 Å². The van der Waals surface area contributed by atoms with Gasteiger partial charge in [0.25, 0.3) is 0 Å². The predicted octanol–water partition coefficient (Wildman–Crippen LogP) is 3.91. The van der Waals surface area contributed by atoms with Crippen LogP contribution in [0.25, 0.3) is 11.1 Å². The number of benzene rings is 2. The van der Waals surface area contributed by atoms with Gasteiger partial charge in [-0.1, -0.05) is 48.5 Å². The summed E-state index contributed by atoms with van der Waals surface area (Å²) in [5, 5.41) is 7.66. The second-order valence-electron chi connectivity index (χ2n) is 6.48. The molecule has 1 N–H and O–H groups in total. The first kappa shape index (κ1) is 21.0. The van der Waals surface area contributed by atoms with Gasteiger partial charge < -0.3 is 10.2 Å². The number of guanidine groups is 1. The van der Waals surface area contributed by atoms with E-state index in [1.165, 1.54) is 11.1 Å². The van der Waals surface area contributed by atoms with Gasteiger partial charge in [-0.15, -0.1) is 24.0 Å². The van der Waals surface area contributed by atoms with E-state index in [1.807, 2.05) is 61.3 Å². The average molecular weight is 475 g/mol. The van der Waals surface area contributed by atoms with Crippen molar-refractivity contribution in [3.63, 3.8) is 0 Å². The standard InChI is InChI=1S/C21H25N5.HI/c1-25(2)21(22-13-17-8-5-4-6-9-17)23-14-18-10-7-11-19(12-18)20-15-24-26(3)16-20;/h4-12,15-16H,13-14H2,1-3H3,(H,22,23);1H. The first-order chi connectivity index (χ1) is 12.6. The summed E-state index contributed by atoms with van der Waals surface area (Å²) in [5.74, 6) is 0.876. The van der Waals surface area contributed by atoms with E-state index in [4.69, 9.17) is 4.99 Å². The van der Waals surface area contributed by atoms with E-state index in [2.05, 4.69) is 46.8 Å². The van der Waals surface area contributed by atoms with Gasteiger partial charge in [0.1, 0.15) is 0 Å². The summed E-state index contributed by atoms with van der Waals surface area (Å²) < 4.78 is 1.82. The second-order valence-corrected chi connectivity index (χ2v) is 6.48. The molecular formula is C21H26IN5. The maximum atomic E-state index is 4.76. The molecule has 0 aliphatic carbocycles. The molecule has 3 aromatic rings. The van der Waals surface area contributed by atoms with Crippen LogP contribution in [0.4, 0.5) is 0 Å². The number of aliphatic imine (C=N–C) groups is 1. The van der Waals surface area contributed by atoms with Crippen LogP contribution >= 0.6 is 24.0 Å². The van der Waals surface area contributed by atoms with E-state index in [-0.39, 0.29) is 24.0 Å². The highest BCUT2D eigenvalue weighted by Crippen LogP contribution is 2.19. The van der Waals surface area contributed by atoms with Gasteiger partial charge in [-0.05, 0) is 22.8 Å². The molecule has 0 amide bonds. The smallest absolute Gasteiger partial charge is 0.194 e. The second kappa shape index (κ2) is 10.1. The lowest BCUT2D eigenvalue weighted by atomic mass is 10.1. The molecule has 0 fully saturated rings. The van der Waals surface area contributed by atoms with Crippen LogP contribution in [0.15, 0.2) is 72.0 Å². The molecule has 1 aromatic heterocycles. The Kier molecular flexibility index (Phi) is 7.84. The summed E-state index contributed by atoms with van der Waals surface area (Å²) >= 11 is 0. The minimum atomic E-state index is 0. The summed E-state index contributed by atoms with van der Waals surface area (Å²) in [6.45, 7) is 1.39. The van der Waals surface area contributed by atoms with Crippen LogP contribution in [0.1, 0.15) is 11.1 Å². The lowest BCUT2D eigenvalue weighted by Gasteiger charge is -2.18. The monoisotopic (exact) mass is 475 g/mol. The van der Waals surface area contributed by atoms with E-state index in [9.17, 15) is 0 Å². The summed E-state index contributed by atoms with van der Waals surface area (Å²) in [5.41, 5.74) is 4.69. The molecule has 0 saturated heterocycles. The fourth-order valence-corrected chi connectivity index (χ4v) is 2.72. The third-order valence-corrected chi connectivity index (χ3v) is 4.09. The molecule has 6 heteroatoms. The molecule has 5 nitrogen and oxygen atoms in total. The van der Waals surface area contributed by atoms with Gasteiger partial charge in [-0.2, -0.15) is 5.10 Å². The van der Waals surface area contributed by atoms with Crippen molar-refractivity contribution in [2.24, 2.45) is 12.0 Å². The van der Waals surface area contributed by atoms with Crippen LogP contribution in [0, 0.1) is 0 Å². The first-order valence-corrected chi connectivity index (χ1v) is 8.69. The average Bonchev–Trinajstić information content (AvgIpc) is 3.09. The topological polar surface area (TPSA) is 45.5 Å². The van der Waals surface area contributed by atoms with Gasteiger partial charge in [0.05, 0.1) is 12.7 Å². The Labute approximate surface area is 178 Å². The van der Waals surface area contributed by atoms with Gasteiger partial charge in [0.2, 0.25) is 0 Å². The van der Waals surface area contributed by atoms with E-state index in [0.29, 0.717) is 6.54 Å². The van der Waals surface area contributed by atoms with Crippen molar-refractivity contribution in [1.29, 1.82) is 0 Å². The number of rotatable bonds is 5. The van der Waals surface area contributed by atoms with Gasteiger partial charge in [0, 0.05) is 39.4 Å². The molecule has 3 rings (SSSR count). The molecule has 0 aliphatic rings. The summed E-state index contributed by atoms with van der Waals surface area (Å²) in [7, 11) is 5.94.